The van der Waals surface area contributed by atoms with Crippen LogP contribution in [0.3, 0.4) is 0 Å². The molecule has 0 spiro atoms. The zero-order valence-corrected chi connectivity index (χ0v) is 23.8. The summed E-state index contributed by atoms with van der Waals surface area (Å²) in [7, 11) is -2.95. The van der Waals surface area contributed by atoms with Crippen LogP contribution in [0.4, 0.5) is 5.69 Å². The summed E-state index contributed by atoms with van der Waals surface area (Å²) in [5, 5.41) is 13.1. The van der Waals surface area contributed by atoms with Crippen molar-refractivity contribution in [3.63, 3.8) is 0 Å². The highest BCUT2D eigenvalue weighted by atomic mass is 32.2. The Kier molecular flexibility index (Phi) is 7.27. The number of aromatic nitrogens is 1. The van der Waals surface area contributed by atoms with Gasteiger partial charge in [0.25, 0.3) is 5.19 Å². The smallest absolute Gasteiger partial charge is 0.279 e. The van der Waals surface area contributed by atoms with Crippen LogP contribution in [-0.4, -0.2) is 49.4 Å². The first-order valence-electron chi connectivity index (χ1n) is 13.9. The van der Waals surface area contributed by atoms with E-state index >= 15 is 0 Å². The highest BCUT2D eigenvalue weighted by Gasteiger charge is 2.47. The van der Waals surface area contributed by atoms with E-state index in [-0.39, 0.29) is 29.2 Å². The number of nitriles is 1. The Hall–Kier alpha value is -3.42. The number of hydrogen-bond donors (Lipinski definition) is 1. The number of ether oxygens (including phenoxy) is 1. The Balaban J connectivity index is 1.31. The van der Waals surface area contributed by atoms with Gasteiger partial charge in [-0.3, -0.25) is 4.79 Å². The van der Waals surface area contributed by atoms with Gasteiger partial charge >= 0.3 is 0 Å². The largest absolute Gasteiger partial charge is 0.431 e. The zero-order chi connectivity index (χ0) is 27.7. The van der Waals surface area contributed by atoms with Gasteiger partial charge in [0.2, 0.25) is 5.91 Å². The van der Waals surface area contributed by atoms with Gasteiger partial charge in [-0.05, 0) is 55.5 Å². The number of sulfone groups is 1. The van der Waals surface area contributed by atoms with Gasteiger partial charge in [0.1, 0.15) is 11.3 Å². The van der Waals surface area contributed by atoms with Crippen molar-refractivity contribution in [2.75, 3.05) is 29.5 Å². The fourth-order valence-corrected chi connectivity index (χ4v) is 7.90. The zero-order valence-electron chi connectivity index (χ0n) is 22.2. The summed E-state index contributed by atoms with van der Waals surface area (Å²) in [6.45, 7) is 0.983. The first kappa shape index (κ1) is 26.8. The number of amides is 1. The molecule has 1 N–H and O–H groups in total. The maximum atomic E-state index is 13.4. The van der Waals surface area contributed by atoms with Gasteiger partial charge in [0.15, 0.2) is 9.84 Å². The molecule has 8 nitrogen and oxygen atoms in total. The van der Waals surface area contributed by atoms with E-state index in [1.807, 2.05) is 42.5 Å². The molecule has 1 aromatic heterocycles. The van der Waals surface area contributed by atoms with Gasteiger partial charge in [-0.2, -0.15) is 5.26 Å². The van der Waals surface area contributed by atoms with Crippen molar-refractivity contribution < 1.29 is 17.9 Å². The molecule has 3 aromatic rings. The lowest BCUT2D eigenvalue weighted by Crippen LogP contribution is -2.42. The molecule has 2 saturated carbocycles. The first-order valence-corrected chi connectivity index (χ1v) is 16.5. The van der Waals surface area contributed by atoms with Crippen molar-refractivity contribution in [3.05, 3.63) is 60.3 Å². The maximum absolute atomic E-state index is 13.4. The molecule has 208 valence electrons. The molecule has 10 heteroatoms. The molecule has 1 saturated heterocycles. The third-order valence-corrected chi connectivity index (χ3v) is 10.8. The van der Waals surface area contributed by atoms with Crippen LogP contribution in [0.2, 0.25) is 0 Å². The molecule has 1 amide bonds. The molecule has 2 aliphatic carbocycles. The van der Waals surface area contributed by atoms with Crippen molar-refractivity contribution in [1.82, 2.24) is 10.3 Å². The molecule has 2 heterocycles. The lowest BCUT2D eigenvalue weighted by atomic mass is 9.76. The van der Waals surface area contributed by atoms with E-state index in [0.29, 0.717) is 36.9 Å². The van der Waals surface area contributed by atoms with Crippen LogP contribution >= 0.6 is 11.3 Å². The number of rotatable bonds is 7. The quantitative estimate of drug-likeness (QED) is 0.407. The van der Waals surface area contributed by atoms with Crippen LogP contribution in [0.25, 0.3) is 10.4 Å². The Morgan fingerprint density at radius 2 is 1.75 bits per heavy atom. The molecule has 0 radical (unpaired) electrons. The van der Waals surface area contributed by atoms with Crippen LogP contribution < -0.4 is 15.0 Å². The summed E-state index contributed by atoms with van der Waals surface area (Å²) < 4.78 is 29.9. The van der Waals surface area contributed by atoms with Crippen molar-refractivity contribution in [1.29, 1.82) is 5.26 Å². The lowest BCUT2D eigenvalue weighted by Gasteiger charge is -2.31. The van der Waals surface area contributed by atoms with Crippen LogP contribution in [0.5, 0.6) is 10.9 Å². The summed E-state index contributed by atoms with van der Waals surface area (Å²) in [5.41, 5.74) is 2.15. The maximum Gasteiger partial charge on any atom is 0.279 e. The minimum Gasteiger partial charge on any atom is -0.431 e. The third kappa shape index (κ3) is 5.72. The van der Waals surface area contributed by atoms with Gasteiger partial charge in [-0.25, -0.2) is 13.4 Å². The molecule has 2 aromatic carbocycles. The number of anilines is 1. The monoisotopic (exact) mass is 576 g/mol. The van der Waals surface area contributed by atoms with Gasteiger partial charge in [-0.15, -0.1) is 0 Å². The van der Waals surface area contributed by atoms with Crippen LogP contribution in [0, 0.1) is 17.2 Å². The Bertz CT molecular complexity index is 1510. The van der Waals surface area contributed by atoms with Crippen LogP contribution in [0.1, 0.15) is 50.1 Å². The molecule has 3 aliphatic rings. The van der Waals surface area contributed by atoms with Gasteiger partial charge in [-0.1, -0.05) is 54.5 Å². The number of benzene rings is 2. The molecule has 0 unspecified atom stereocenters. The first-order chi connectivity index (χ1) is 19.3. The highest BCUT2D eigenvalue weighted by molar-refractivity contribution is 7.91. The molecular weight excluding hydrogens is 544 g/mol. The number of nitrogens with one attached hydrogen (secondary N) is 1. The van der Waals surface area contributed by atoms with Crippen LogP contribution in [-0.2, 0) is 14.6 Å². The second-order valence-corrected chi connectivity index (χ2v) is 14.2. The molecule has 40 heavy (non-hydrogen) atoms. The van der Waals surface area contributed by atoms with Gasteiger partial charge in [0.05, 0.1) is 28.1 Å². The summed E-state index contributed by atoms with van der Waals surface area (Å²) in [5.74, 6) is 0.670. The number of hydrogen-bond acceptors (Lipinski definition) is 8. The fraction of sp³-hybridized carbons (Fsp3) is 0.433. The van der Waals surface area contributed by atoms with E-state index in [1.165, 1.54) is 11.3 Å². The minimum atomic E-state index is -2.95. The second-order valence-electron chi connectivity index (χ2n) is 11.0. The van der Waals surface area contributed by atoms with Gasteiger partial charge in [0, 0.05) is 30.6 Å². The average Bonchev–Trinajstić information content (AvgIpc) is 3.63. The third-order valence-electron chi connectivity index (χ3n) is 8.20. The van der Waals surface area contributed by atoms with Crippen molar-refractivity contribution in [3.8, 4) is 27.5 Å². The molecule has 2 atom stereocenters. The minimum absolute atomic E-state index is 0.0522. The second kappa shape index (κ2) is 10.9. The summed E-state index contributed by atoms with van der Waals surface area (Å²) in [6, 6.07) is 20.0. The highest BCUT2D eigenvalue weighted by Crippen LogP contribution is 2.47. The lowest BCUT2D eigenvalue weighted by molar-refractivity contribution is -0.127. The Morgan fingerprint density at radius 1 is 1.05 bits per heavy atom. The van der Waals surface area contributed by atoms with E-state index < -0.39 is 15.4 Å². The molecule has 1 aliphatic heterocycles. The topological polar surface area (TPSA) is 112 Å². The molecule has 3 fully saturated rings. The predicted octanol–water partition coefficient (Wildman–Crippen LogP) is 5.28. The number of thiazole rings is 1. The van der Waals surface area contributed by atoms with E-state index in [0.717, 1.165) is 47.5 Å². The summed E-state index contributed by atoms with van der Waals surface area (Å²) >= 11 is 1.48. The summed E-state index contributed by atoms with van der Waals surface area (Å²) in [4.78, 5) is 21.5. The normalized spacial score (nSPS) is 23.1. The molecule has 0 bridgehead atoms. The van der Waals surface area contributed by atoms with E-state index in [2.05, 4.69) is 28.4 Å². The number of carbonyl (C=O) groups excluding carboxylic acids is 1. The summed E-state index contributed by atoms with van der Waals surface area (Å²) in [6.07, 6.45) is 5.01. The Morgan fingerprint density at radius 3 is 2.42 bits per heavy atom. The standard InChI is InChI=1S/C30H32N4O4S2/c31-20-30(14-15-30)33-28(35)25-9-5-4-8-24(25)26-27(39-29(32-26)38-23-6-2-1-3-7-23)21-10-12-22(13-11-21)34-16-18-40(36,37)19-17-34/h1-3,6-7,10-13,24-25H,4-5,8-9,14-19H2,(H,33,35)/t24-,25-/m1/s1. The van der Waals surface area contributed by atoms with E-state index in [4.69, 9.17) is 9.72 Å². The van der Waals surface area contributed by atoms with E-state index in [1.54, 1.807) is 0 Å². The average molecular weight is 577 g/mol. The van der Waals surface area contributed by atoms with E-state index in [9.17, 15) is 18.5 Å². The number of nitrogens with zero attached hydrogens (tertiary/aromatic N) is 3. The molecule has 6 rings (SSSR count). The predicted molar refractivity (Wildman–Crippen MR) is 155 cm³/mol. The number of carbonyl (C=O) groups is 1. The van der Waals surface area contributed by atoms with Crippen molar-refractivity contribution in [2.24, 2.45) is 5.92 Å². The van der Waals surface area contributed by atoms with Crippen molar-refractivity contribution in [2.45, 2.75) is 50.0 Å². The SMILES string of the molecule is N#CC1(NC(=O)[C@@H]2CCCC[C@H]2c2nc(Oc3ccccc3)sc2-c2ccc(N3CCS(=O)(=O)CC3)cc2)CC1. The number of para-hydroxylation sites is 1. The van der Waals surface area contributed by atoms with Crippen LogP contribution in [0.15, 0.2) is 54.6 Å². The van der Waals surface area contributed by atoms with Crippen molar-refractivity contribution >= 4 is 32.8 Å². The Labute approximate surface area is 238 Å². The van der Waals surface area contributed by atoms with Gasteiger partial charge < -0.3 is 15.0 Å². The fourth-order valence-electron chi connectivity index (χ4n) is 5.69. The molecular formula is C30H32N4O4S2.